The Morgan fingerprint density at radius 1 is 1.46 bits per heavy atom. The van der Waals surface area contributed by atoms with Gasteiger partial charge in [0.05, 0.1) is 5.41 Å². The molecule has 13 heavy (non-hydrogen) atoms. The molecule has 1 nitrogen and oxygen atoms in total. The average Bonchev–Trinajstić information content (AvgIpc) is 2.90. The SMILES string of the molecule is C#CC1(c2ccc(C)c(O)c2)CC1. The van der Waals surface area contributed by atoms with Gasteiger partial charge in [0.1, 0.15) is 5.75 Å². The van der Waals surface area contributed by atoms with Gasteiger partial charge in [0.15, 0.2) is 0 Å². The Morgan fingerprint density at radius 3 is 2.62 bits per heavy atom. The molecule has 1 fully saturated rings. The van der Waals surface area contributed by atoms with Crippen LogP contribution in [-0.2, 0) is 5.41 Å². The molecule has 2 rings (SSSR count). The van der Waals surface area contributed by atoms with E-state index in [9.17, 15) is 5.11 Å². The zero-order valence-corrected chi connectivity index (χ0v) is 7.67. The van der Waals surface area contributed by atoms with Crippen LogP contribution in [0.15, 0.2) is 18.2 Å². The van der Waals surface area contributed by atoms with Crippen molar-refractivity contribution in [1.29, 1.82) is 0 Å². The first kappa shape index (κ1) is 8.19. The van der Waals surface area contributed by atoms with Gasteiger partial charge in [-0.15, -0.1) is 6.42 Å². The van der Waals surface area contributed by atoms with Crippen LogP contribution in [-0.4, -0.2) is 5.11 Å². The Kier molecular flexibility index (Phi) is 1.60. The number of phenolic OH excluding ortho intramolecular Hbond substituents is 1. The first-order valence-corrected chi connectivity index (χ1v) is 4.46. The van der Waals surface area contributed by atoms with Crippen molar-refractivity contribution in [2.24, 2.45) is 0 Å². The molecule has 0 saturated heterocycles. The Hall–Kier alpha value is -1.42. The highest BCUT2D eigenvalue weighted by Gasteiger charge is 2.42. The molecule has 0 unspecified atom stereocenters. The van der Waals surface area contributed by atoms with E-state index in [0.717, 1.165) is 24.0 Å². The van der Waals surface area contributed by atoms with Gasteiger partial charge in [0.25, 0.3) is 0 Å². The van der Waals surface area contributed by atoms with Crippen LogP contribution in [0.3, 0.4) is 0 Å². The van der Waals surface area contributed by atoms with Crippen molar-refractivity contribution in [2.45, 2.75) is 25.2 Å². The molecule has 1 aliphatic carbocycles. The molecule has 1 heteroatoms. The second-order valence-corrected chi connectivity index (χ2v) is 3.73. The lowest BCUT2D eigenvalue weighted by Gasteiger charge is -2.09. The molecule has 1 aromatic rings. The maximum absolute atomic E-state index is 9.52. The minimum Gasteiger partial charge on any atom is -0.508 e. The fraction of sp³-hybridized carbons (Fsp3) is 0.333. The first-order valence-electron chi connectivity index (χ1n) is 4.46. The predicted octanol–water partition coefficient (Wildman–Crippen LogP) is 2.37. The molecule has 0 radical (unpaired) electrons. The molecule has 0 aromatic heterocycles. The second kappa shape index (κ2) is 2.53. The van der Waals surface area contributed by atoms with Crippen LogP contribution in [0.5, 0.6) is 5.75 Å². The Labute approximate surface area is 78.4 Å². The van der Waals surface area contributed by atoms with E-state index in [1.165, 1.54) is 0 Å². The second-order valence-electron chi connectivity index (χ2n) is 3.73. The highest BCUT2D eigenvalue weighted by molar-refractivity contribution is 5.46. The number of terminal acetylenes is 1. The van der Waals surface area contributed by atoms with E-state index in [1.807, 2.05) is 19.1 Å². The number of hydrogen-bond donors (Lipinski definition) is 1. The number of aryl methyl sites for hydroxylation is 1. The fourth-order valence-corrected chi connectivity index (χ4v) is 1.55. The van der Waals surface area contributed by atoms with Crippen molar-refractivity contribution in [1.82, 2.24) is 0 Å². The topological polar surface area (TPSA) is 20.2 Å². The zero-order valence-electron chi connectivity index (χ0n) is 7.67. The molecule has 1 aromatic carbocycles. The van der Waals surface area contributed by atoms with E-state index in [-0.39, 0.29) is 5.41 Å². The summed E-state index contributed by atoms with van der Waals surface area (Å²) in [4.78, 5) is 0. The van der Waals surface area contributed by atoms with Crippen LogP contribution in [0.2, 0.25) is 0 Å². The fourth-order valence-electron chi connectivity index (χ4n) is 1.55. The normalized spacial score (nSPS) is 17.8. The number of hydrogen-bond acceptors (Lipinski definition) is 1. The molecular formula is C12H12O. The van der Waals surface area contributed by atoms with E-state index in [1.54, 1.807) is 6.07 Å². The molecule has 66 valence electrons. The van der Waals surface area contributed by atoms with Gasteiger partial charge in [-0.25, -0.2) is 0 Å². The maximum Gasteiger partial charge on any atom is 0.118 e. The highest BCUT2D eigenvalue weighted by Crippen LogP contribution is 2.48. The number of rotatable bonds is 1. The van der Waals surface area contributed by atoms with Gasteiger partial charge in [-0.1, -0.05) is 18.1 Å². The lowest BCUT2D eigenvalue weighted by molar-refractivity contribution is 0.470. The average molecular weight is 172 g/mol. The summed E-state index contributed by atoms with van der Waals surface area (Å²) < 4.78 is 0. The zero-order chi connectivity index (χ0) is 9.47. The van der Waals surface area contributed by atoms with Crippen molar-refractivity contribution in [3.63, 3.8) is 0 Å². The number of phenols is 1. The van der Waals surface area contributed by atoms with E-state index in [0.29, 0.717) is 5.75 Å². The molecule has 1 saturated carbocycles. The maximum atomic E-state index is 9.52. The third-order valence-corrected chi connectivity index (χ3v) is 2.79. The monoisotopic (exact) mass is 172 g/mol. The van der Waals surface area contributed by atoms with Gasteiger partial charge in [0.2, 0.25) is 0 Å². The summed E-state index contributed by atoms with van der Waals surface area (Å²) in [5.74, 6) is 3.15. The molecule has 1 aliphatic rings. The molecule has 0 amide bonds. The Balaban J connectivity index is 2.44. The molecule has 0 aliphatic heterocycles. The summed E-state index contributed by atoms with van der Waals surface area (Å²) >= 11 is 0. The quantitative estimate of drug-likeness (QED) is 0.645. The lowest BCUT2D eigenvalue weighted by atomic mass is 9.96. The highest BCUT2D eigenvalue weighted by atomic mass is 16.3. The summed E-state index contributed by atoms with van der Waals surface area (Å²) in [5, 5.41) is 9.52. The summed E-state index contributed by atoms with van der Waals surface area (Å²) in [7, 11) is 0. The van der Waals surface area contributed by atoms with Crippen LogP contribution in [0.25, 0.3) is 0 Å². The van der Waals surface area contributed by atoms with E-state index in [4.69, 9.17) is 6.42 Å². The van der Waals surface area contributed by atoms with Crippen molar-refractivity contribution in [3.8, 4) is 18.1 Å². The lowest BCUT2D eigenvalue weighted by Crippen LogP contribution is -2.01. The van der Waals surface area contributed by atoms with E-state index in [2.05, 4.69) is 5.92 Å². The smallest absolute Gasteiger partial charge is 0.118 e. The number of benzene rings is 1. The molecule has 0 atom stereocenters. The summed E-state index contributed by atoms with van der Waals surface area (Å²) in [6, 6.07) is 5.73. The van der Waals surface area contributed by atoms with Crippen LogP contribution in [0.1, 0.15) is 24.0 Å². The Morgan fingerprint density at radius 2 is 2.15 bits per heavy atom. The standard InChI is InChI=1S/C12H12O/c1-3-12(6-7-12)10-5-4-9(2)11(13)8-10/h1,4-5,8,13H,6-7H2,2H3. The van der Waals surface area contributed by atoms with Crippen molar-refractivity contribution < 1.29 is 5.11 Å². The largest absolute Gasteiger partial charge is 0.508 e. The molecule has 0 bridgehead atoms. The van der Waals surface area contributed by atoms with Gasteiger partial charge in [-0.2, -0.15) is 0 Å². The third-order valence-electron chi connectivity index (χ3n) is 2.79. The molecule has 0 spiro atoms. The van der Waals surface area contributed by atoms with Crippen LogP contribution in [0, 0.1) is 19.3 Å². The third kappa shape index (κ3) is 1.19. The van der Waals surface area contributed by atoms with Gasteiger partial charge in [-0.05, 0) is 37.0 Å². The minimum atomic E-state index is -0.0643. The van der Waals surface area contributed by atoms with Crippen molar-refractivity contribution >= 4 is 0 Å². The molecule has 1 N–H and O–H groups in total. The van der Waals surface area contributed by atoms with Crippen LogP contribution < -0.4 is 0 Å². The molecular weight excluding hydrogens is 160 g/mol. The van der Waals surface area contributed by atoms with E-state index >= 15 is 0 Å². The predicted molar refractivity (Wildman–Crippen MR) is 52.6 cm³/mol. The number of aromatic hydroxyl groups is 1. The van der Waals surface area contributed by atoms with Gasteiger partial charge >= 0.3 is 0 Å². The van der Waals surface area contributed by atoms with Crippen molar-refractivity contribution in [2.75, 3.05) is 0 Å². The summed E-state index contributed by atoms with van der Waals surface area (Å²) in [6.07, 6.45) is 7.55. The molecule has 0 heterocycles. The Bertz CT molecular complexity index is 381. The van der Waals surface area contributed by atoms with Gasteiger partial charge in [-0.3, -0.25) is 0 Å². The summed E-state index contributed by atoms with van der Waals surface area (Å²) in [6.45, 7) is 1.88. The first-order chi connectivity index (χ1) is 6.18. The van der Waals surface area contributed by atoms with E-state index < -0.39 is 0 Å². The minimum absolute atomic E-state index is 0.0643. The van der Waals surface area contributed by atoms with Gasteiger partial charge in [0, 0.05) is 0 Å². The van der Waals surface area contributed by atoms with Gasteiger partial charge < -0.3 is 5.11 Å². The van der Waals surface area contributed by atoms with Crippen LogP contribution >= 0.6 is 0 Å². The summed E-state index contributed by atoms with van der Waals surface area (Å²) in [5.41, 5.74) is 1.92. The van der Waals surface area contributed by atoms with Crippen molar-refractivity contribution in [3.05, 3.63) is 29.3 Å². The van der Waals surface area contributed by atoms with Crippen LogP contribution in [0.4, 0.5) is 0 Å².